The van der Waals surface area contributed by atoms with E-state index >= 15 is 0 Å². The summed E-state index contributed by atoms with van der Waals surface area (Å²) in [4.78, 5) is 0. The molecule has 0 aliphatic heterocycles. The molecule has 0 unspecified atom stereocenters. The molecule has 1 aromatic heterocycles. The zero-order chi connectivity index (χ0) is 8.81. The van der Waals surface area contributed by atoms with Gasteiger partial charge in [0, 0.05) is 18.6 Å². The molecule has 0 N–H and O–H groups in total. The van der Waals surface area contributed by atoms with Crippen molar-refractivity contribution in [1.82, 2.24) is 0 Å². The van der Waals surface area contributed by atoms with Crippen molar-refractivity contribution < 1.29 is 9.27 Å². The van der Waals surface area contributed by atoms with Crippen LogP contribution in [0.15, 0.2) is 24.5 Å². The molecule has 0 aliphatic carbocycles. The first kappa shape index (κ1) is 12.1. The summed E-state index contributed by atoms with van der Waals surface area (Å²) < 4.78 is 2.25. The van der Waals surface area contributed by atoms with Crippen LogP contribution in [0.2, 0.25) is 0 Å². The lowest BCUT2D eigenvalue weighted by atomic mass is 10.2. The number of aryl methyl sites for hydroxylation is 2. The van der Waals surface area contributed by atoms with Crippen molar-refractivity contribution in [1.29, 1.82) is 0 Å². The van der Waals surface area contributed by atoms with Gasteiger partial charge in [0.05, 0.1) is 0 Å². The molecule has 1 heterocycles. The van der Waals surface area contributed by atoms with Crippen molar-refractivity contribution in [2.45, 2.75) is 39.7 Å². The van der Waals surface area contributed by atoms with Gasteiger partial charge in [-0.2, -0.15) is 0 Å². The summed E-state index contributed by atoms with van der Waals surface area (Å²) >= 11 is 0. The summed E-state index contributed by atoms with van der Waals surface area (Å²) in [6, 6.07) is 4.41. The summed E-state index contributed by atoms with van der Waals surface area (Å²) in [5.41, 5.74) is 1.42. The Balaban J connectivity index is 0.00000144. The van der Waals surface area contributed by atoms with Gasteiger partial charge in [-0.05, 0) is 12.0 Å². The molecule has 0 spiro atoms. The second-order valence-electron chi connectivity index (χ2n) is 3.15. The lowest BCUT2D eigenvalue weighted by molar-refractivity contribution is -0.697. The minimum atomic E-state index is 0. The average molecular weight is 183 g/mol. The molecule has 0 radical (unpaired) electrons. The summed E-state index contributed by atoms with van der Waals surface area (Å²) in [6.07, 6.45) is 8.02. The number of rotatable bonds is 4. The van der Waals surface area contributed by atoms with Crippen molar-refractivity contribution in [3.05, 3.63) is 30.1 Å². The quantitative estimate of drug-likeness (QED) is 0.546. The van der Waals surface area contributed by atoms with Crippen LogP contribution in [-0.4, -0.2) is 0 Å². The fourth-order valence-electron chi connectivity index (χ4n) is 1.21. The second kappa shape index (κ2) is 6.58. The second-order valence-corrected chi connectivity index (χ2v) is 3.15. The van der Waals surface area contributed by atoms with Crippen molar-refractivity contribution in [2.24, 2.45) is 0 Å². The van der Waals surface area contributed by atoms with Crippen LogP contribution < -0.4 is 9.27 Å². The van der Waals surface area contributed by atoms with Crippen LogP contribution in [-0.2, 0) is 13.0 Å². The van der Waals surface area contributed by atoms with E-state index in [1.165, 1.54) is 18.4 Å². The number of aromatic nitrogens is 1. The third-order valence-electron chi connectivity index (χ3n) is 2.14. The molecule has 1 nitrogen and oxygen atoms in total. The van der Waals surface area contributed by atoms with Crippen LogP contribution in [0.1, 0.15) is 32.3 Å². The molecule has 2 heteroatoms. The van der Waals surface area contributed by atoms with E-state index in [1.807, 2.05) is 0 Å². The van der Waals surface area contributed by atoms with Gasteiger partial charge in [-0.3, -0.25) is 0 Å². The third kappa shape index (κ3) is 4.02. The van der Waals surface area contributed by atoms with E-state index in [-0.39, 0.29) is 4.70 Å². The highest BCUT2D eigenvalue weighted by Gasteiger charge is 1.97. The monoisotopic (exact) mass is 183 g/mol. The van der Waals surface area contributed by atoms with Crippen LogP contribution in [0.5, 0.6) is 0 Å². The van der Waals surface area contributed by atoms with Crippen molar-refractivity contribution in [3.8, 4) is 0 Å². The normalized spacial score (nSPS) is 9.38. The Hall–Kier alpha value is -0.920. The average Bonchev–Trinajstić information content (AvgIpc) is 2.15. The Morgan fingerprint density at radius 2 is 1.77 bits per heavy atom. The van der Waals surface area contributed by atoms with E-state index in [2.05, 4.69) is 42.9 Å². The zero-order valence-corrected chi connectivity index (χ0v) is 8.46. The number of hydrogen-bond acceptors (Lipinski definition) is 0. The molecule has 1 rings (SSSR count). The molecule has 13 heavy (non-hydrogen) atoms. The SMILES string of the molecule is CCCC[n+]1ccc(CC)cc1.[F-]. The molecule has 74 valence electrons. The smallest absolute Gasteiger partial charge is 0.169 e. The number of nitrogens with zero attached hydrogens (tertiary/aromatic N) is 1. The highest BCUT2D eigenvalue weighted by Crippen LogP contribution is 1.95. The standard InChI is InChI=1S/C11H18N.FH/c1-3-5-8-12-9-6-11(4-2)7-10-12;/h6-7,9-10H,3-5,8H2,1-2H3;1H/q+1;/p-1. The van der Waals surface area contributed by atoms with Gasteiger partial charge in [0.1, 0.15) is 6.54 Å². The molecular formula is C11H18FN. The topological polar surface area (TPSA) is 3.88 Å². The Kier molecular flexibility index (Phi) is 6.11. The van der Waals surface area contributed by atoms with E-state index in [1.54, 1.807) is 0 Å². The number of halogens is 1. The Labute approximate surface area is 79.8 Å². The van der Waals surface area contributed by atoms with E-state index in [0.717, 1.165) is 13.0 Å². The van der Waals surface area contributed by atoms with Crippen LogP contribution >= 0.6 is 0 Å². The van der Waals surface area contributed by atoms with Gasteiger partial charge in [0.25, 0.3) is 0 Å². The van der Waals surface area contributed by atoms with Gasteiger partial charge >= 0.3 is 0 Å². The summed E-state index contributed by atoms with van der Waals surface area (Å²) in [7, 11) is 0. The fourth-order valence-corrected chi connectivity index (χ4v) is 1.21. The van der Waals surface area contributed by atoms with Gasteiger partial charge in [0.15, 0.2) is 12.4 Å². The van der Waals surface area contributed by atoms with Crippen molar-refractivity contribution in [2.75, 3.05) is 0 Å². The van der Waals surface area contributed by atoms with Crippen molar-refractivity contribution in [3.63, 3.8) is 0 Å². The molecule has 0 bridgehead atoms. The number of hydrogen-bond donors (Lipinski definition) is 0. The van der Waals surface area contributed by atoms with Crippen LogP contribution in [0, 0.1) is 0 Å². The van der Waals surface area contributed by atoms with Crippen LogP contribution in [0.25, 0.3) is 0 Å². The van der Waals surface area contributed by atoms with Crippen molar-refractivity contribution >= 4 is 0 Å². The van der Waals surface area contributed by atoms with Gasteiger partial charge in [-0.1, -0.05) is 20.3 Å². The third-order valence-corrected chi connectivity index (χ3v) is 2.14. The number of pyridine rings is 1. The van der Waals surface area contributed by atoms with Gasteiger partial charge < -0.3 is 4.70 Å². The molecule has 0 aromatic carbocycles. The molecule has 1 aromatic rings. The maximum Gasteiger partial charge on any atom is 0.169 e. The highest BCUT2D eigenvalue weighted by molar-refractivity contribution is 5.06. The molecule has 0 fully saturated rings. The Morgan fingerprint density at radius 3 is 2.23 bits per heavy atom. The minimum Gasteiger partial charge on any atom is -1.00 e. The highest BCUT2D eigenvalue weighted by atomic mass is 19.0. The predicted octanol–water partition coefficient (Wildman–Crippen LogP) is -0.659. The largest absolute Gasteiger partial charge is 1.00 e. The zero-order valence-electron chi connectivity index (χ0n) is 8.46. The lowest BCUT2D eigenvalue weighted by Gasteiger charge is -1.96. The van der Waals surface area contributed by atoms with Gasteiger partial charge in [-0.15, -0.1) is 0 Å². The maximum atomic E-state index is 2.25. The maximum absolute atomic E-state index is 2.25. The fraction of sp³-hybridized carbons (Fsp3) is 0.545. The van der Waals surface area contributed by atoms with Gasteiger partial charge in [0.2, 0.25) is 0 Å². The minimum absolute atomic E-state index is 0. The molecule has 0 saturated carbocycles. The molecule has 0 atom stereocenters. The summed E-state index contributed by atoms with van der Waals surface area (Å²) in [5, 5.41) is 0. The molecule has 0 amide bonds. The molecule has 0 saturated heterocycles. The molecule has 0 aliphatic rings. The van der Waals surface area contributed by atoms with E-state index in [4.69, 9.17) is 0 Å². The lowest BCUT2D eigenvalue weighted by Crippen LogP contribution is -3.00. The Bertz CT molecular complexity index is 218. The first-order chi connectivity index (χ1) is 5.86. The van der Waals surface area contributed by atoms with Gasteiger partial charge in [-0.25, -0.2) is 4.57 Å². The van der Waals surface area contributed by atoms with E-state index in [9.17, 15) is 0 Å². The number of unbranched alkanes of at least 4 members (excludes halogenated alkanes) is 1. The van der Waals surface area contributed by atoms with E-state index in [0.29, 0.717) is 0 Å². The first-order valence-electron chi connectivity index (χ1n) is 4.84. The summed E-state index contributed by atoms with van der Waals surface area (Å²) in [5.74, 6) is 0. The van der Waals surface area contributed by atoms with Crippen LogP contribution in [0.4, 0.5) is 0 Å². The predicted molar refractivity (Wildman–Crippen MR) is 50.9 cm³/mol. The Morgan fingerprint density at radius 1 is 1.15 bits per heavy atom. The first-order valence-corrected chi connectivity index (χ1v) is 4.84. The van der Waals surface area contributed by atoms with E-state index < -0.39 is 0 Å². The molecular weight excluding hydrogens is 165 g/mol. The summed E-state index contributed by atoms with van der Waals surface area (Å²) in [6.45, 7) is 5.56. The van der Waals surface area contributed by atoms with Crippen LogP contribution in [0.3, 0.4) is 0 Å².